The molecular weight excluding hydrogens is 326 g/mol. The van der Waals surface area contributed by atoms with E-state index < -0.39 is 0 Å². The van der Waals surface area contributed by atoms with E-state index in [9.17, 15) is 0 Å². The maximum atomic E-state index is 5.47. The van der Waals surface area contributed by atoms with Gasteiger partial charge in [0.2, 0.25) is 0 Å². The molecule has 1 aliphatic heterocycles. The molecule has 1 N–H and O–H groups in total. The van der Waals surface area contributed by atoms with E-state index in [4.69, 9.17) is 14.7 Å². The predicted octanol–water partition coefficient (Wildman–Crippen LogP) is 2.79. The van der Waals surface area contributed by atoms with Gasteiger partial charge in [0.25, 0.3) is 0 Å². The lowest BCUT2D eigenvalue weighted by molar-refractivity contribution is 0.0327. The number of rotatable bonds is 4. The molecule has 26 heavy (non-hydrogen) atoms. The Morgan fingerprint density at radius 3 is 2.50 bits per heavy atom. The van der Waals surface area contributed by atoms with Crippen molar-refractivity contribution in [3.05, 3.63) is 60.2 Å². The number of aromatic nitrogens is 4. The Hall–Kier alpha value is -2.70. The van der Waals surface area contributed by atoms with Gasteiger partial charge in [-0.15, -0.1) is 0 Å². The molecule has 0 amide bonds. The van der Waals surface area contributed by atoms with E-state index in [0.717, 1.165) is 66.6 Å². The van der Waals surface area contributed by atoms with E-state index in [-0.39, 0.29) is 0 Å². The molecule has 1 saturated heterocycles. The maximum Gasteiger partial charge on any atom is 0.127 e. The third-order valence-electron chi connectivity index (χ3n) is 4.95. The topological polar surface area (TPSA) is 59.0 Å². The normalized spacial score (nSPS) is 15.8. The molecule has 3 heterocycles. The first-order chi connectivity index (χ1) is 12.9. The maximum absolute atomic E-state index is 5.47. The first-order valence-corrected chi connectivity index (χ1v) is 9.05. The summed E-state index contributed by atoms with van der Waals surface area (Å²) in [5.74, 6) is 2.03. The fourth-order valence-corrected chi connectivity index (χ4v) is 3.61. The lowest BCUT2D eigenvalue weighted by Crippen LogP contribution is -2.36. The van der Waals surface area contributed by atoms with Crippen molar-refractivity contribution < 1.29 is 4.74 Å². The average molecular weight is 347 g/mol. The van der Waals surface area contributed by atoms with Crippen LogP contribution >= 0.6 is 0 Å². The number of hydrogen-bond acceptors (Lipinski definition) is 4. The van der Waals surface area contributed by atoms with Gasteiger partial charge in [-0.2, -0.15) is 0 Å². The van der Waals surface area contributed by atoms with Gasteiger partial charge in [0, 0.05) is 13.1 Å². The minimum absolute atomic E-state index is 0.689. The lowest BCUT2D eigenvalue weighted by Gasteiger charge is -2.26. The van der Waals surface area contributed by atoms with Crippen molar-refractivity contribution in [1.82, 2.24) is 24.4 Å². The third-order valence-corrected chi connectivity index (χ3v) is 4.95. The summed E-state index contributed by atoms with van der Waals surface area (Å²) < 4.78 is 7.75. The zero-order valence-corrected chi connectivity index (χ0v) is 14.6. The minimum Gasteiger partial charge on any atom is -0.379 e. The summed E-state index contributed by atoms with van der Waals surface area (Å²) in [6, 6.07) is 16.5. The quantitative estimate of drug-likeness (QED) is 0.617. The van der Waals surface area contributed by atoms with Crippen LogP contribution in [-0.2, 0) is 17.8 Å². The smallest absolute Gasteiger partial charge is 0.127 e. The molecule has 6 nitrogen and oxygen atoms in total. The summed E-state index contributed by atoms with van der Waals surface area (Å²) >= 11 is 0. The molecule has 0 atom stereocenters. The Morgan fingerprint density at radius 1 is 0.885 bits per heavy atom. The van der Waals surface area contributed by atoms with Crippen molar-refractivity contribution in [2.24, 2.45) is 0 Å². The molecule has 0 radical (unpaired) electrons. The van der Waals surface area contributed by atoms with Gasteiger partial charge in [0.1, 0.15) is 11.6 Å². The van der Waals surface area contributed by atoms with Crippen LogP contribution in [0.25, 0.3) is 22.1 Å². The second-order valence-corrected chi connectivity index (χ2v) is 6.69. The zero-order chi connectivity index (χ0) is 17.3. The van der Waals surface area contributed by atoms with Crippen LogP contribution in [0.5, 0.6) is 0 Å². The number of aromatic amines is 1. The number of morpholine rings is 1. The Kier molecular flexibility index (Phi) is 3.92. The number of ether oxygens (including phenoxy) is 1. The summed E-state index contributed by atoms with van der Waals surface area (Å²) in [6.45, 7) is 5.02. The van der Waals surface area contributed by atoms with Crippen LogP contribution in [0.4, 0.5) is 0 Å². The van der Waals surface area contributed by atoms with Gasteiger partial charge in [-0.25, -0.2) is 9.97 Å². The van der Waals surface area contributed by atoms with E-state index in [2.05, 4.69) is 38.7 Å². The third kappa shape index (κ3) is 2.87. The molecule has 1 fully saturated rings. The molecule has 2 aromatic carbocycles. The van der Waals surface area contributed by atoms with Crippen molar-refractivity contribution >= 4 is 22.1 Å². The van der Waals surface area contributed by atoms with Crippen LogP contribution in [0.2, 0.25) is 0 Å². The van der Waals surface area contributed by atoms with E-state index in [1.807, 2.05) is 24.3 Å². The zero-order valence-electron chi connectivity index (χ0n) is 14.6. The first kappa shape index (κ1) is 15.5. The van der Waals surface area contributed by atoms with Gasteiger partial charge in [-0.3, -0.25) is 4.90 Å². The number of para-hydroxylation sites is 4. The van der Waals surface area contributed by atoms with Crippen LogP contribution in [-0.4, -0.2) is 50.7 Å². The number of nitrogens with zero attached hydrogens (tertiary/aromatic N) is 4. The van der Waals surface area contributed by atoms with E-state index in [1.54, 1.807) is 0 Å². The molecule has 5 rings (SSSR count). The summed E-state index contributed by atoms with van der Waals surface area (Å²) in [5.41, 5.74) is 4.26. The monoisotopic (exact) mass is 347 g/mol. The van der Waals surface area contributed by atoms with E-state index in [0.29, 0.717) is 6.54 Å². The number of H-pyrrole nitrogens is 1. The van der Waals surface area contributed by atoms with Gasteiger partial charge in [0.05, 0.1) is 48.4 Å². The van der Waals surface area contributed by atoms with Crippen LogP contribution in [0.1, 0.15) is 11.6 Å². The van der Waals surface area contributed by atoms with Gasteiger partial charge >= 0.3 is 0 Å². The summed E-state index contributed by atoms with van der Waals surface area (Å²) in [4.78, 5) is 15.5. The van der Waals surface area contributed by atoms with Crippen LogP contribution in [0.3, 0.4) is 0 Å². The van der Waals surface area contributed by atoms with Crippen molar-refractivity contribution in [2.75, 3.05) is 26.3 Å². The SMILES string of the molecule is c1ccc2[nH]c(Cn3c(CN4CCOCC4)nc4ccccc43)nc2c1. The molecule has 132 valence electrons. The molecule has 0 saturated carbocycles. The largest absolute Gasteiger partial charge is 0.379 e. The Balaban J connectivity index is 1.52. The Morgan fingerprint density at radius 2 is 1.65 bits per heavy atom. The molecule has 4 aromatic rings. The number of nitrogens with one attached hydrogen (secondary N) is 1. The highest BCUT2D eigenvalue weighted by Crippen LogP contribution is 2.20. The number of hydrogen-bond donors (Lipinski definition) is 1. The van der Waals surface area contributed by atoms with Gasteiger partial charge < -0.3 is 14.3 Å². The van der Waals surface area contributed by atoms with Crippen molar-refractivity contribution in [3.8, 4) is 0 Å². The fraction of sp³-hybridized carbons (Fsp3) is 0.300. The van der Waals surface area contributed by atoms with Gasteiger partial charge in [-0.05, 0) is 24.3 Å². The van der Waals surface area contributed by atoms with E-state index >= 15 is 0 Å². The van der Waals surface area contributed by atoms with Crippen LogP contribution in [0, 0.1) is 0 Å². The highest BCUT2D eigenvalue weighted by atomic mass is 16.5. The molecule has 0 aliphatic carbocycles. The average Bonchev–Trinajstić information content (AvgIpc) is 3.24. The number of benzene rings is 2. The summed E-state index contributed by atoms with van der Waals surface area (Å²) in [6.07, 6.45) is 0. The van der Waals surface area contributed by atoms with Crippen molar-refractivity contribution in [3.63, 3.8) is 0 Å². The van der Waals surface area contributed by atoms with Crippen molar-refractivity contribution in [1.29, 1.82) is 0 Å². The summed E-state index contributed by atoms with van der Waals surface area (Å²) in [7, 11) is 0. The van der Waals surface area contributed by atoms with Crippen LogP contribution in [0.15, 0.2) is 48.5 Å². The molecule has 1 aliphatic rings. The first-order valence-electron chi connectivity index (χ1n) is 9.05. The second kappa shape index (κ2) is 6.55. The predicted molar refractivity (Wildman–Crippen MR) is 101 cm³/mol. The van der Waals surface area contributed by atoms with E-state index in [1.165, 1.54) is 0 Å². The second-order valence-electron chi connectivity index (χ2n) is 6.69. The van der Waals surface area contributed by atoms with Gasteiger partial charge in [0.15, 0.2) is 0 Å². The molecule has 0 spiro atoms. The number of fused-ring (bicyclic) bond motifs is 2. The molecule has 6 heteroatoms. The highest BCUT2D eigenvalue weighted by molar-refractivity contribution is 5.77. The molecule has 0 bridgehead atoms. The minimum atomic E-state index is 0.689. The lowest BCUT2D eigenvalue weighted by atomic mass is 10.3. The van der Waals surface area contributed by atoms with Crippen LogP contribution < -0.4 is 0 Å². The van der Waals surface area contributed by atoms with Gasteiger partial charge in [-0.1, -0.05) is 24.3 Å². The Bertz CT molecular complexity index is 1010. The molecule has 2 aromatic heterocycles. The number of imidazole rings is 2. The molecule has 0 unspecified atom stereocenters. The fourth-order valence-electron chi connectivity index (χ4n) is 3.61. The Labute approximate surface area is 151 Å². The molecular formula is C20H21N5O. The standard InChI is InChI=1S/C20H21N5O/c1-2-6-16-15(5-1)21-19(22-16)13-25-18-8-4-3-7-17(18)23-20(25)14-24-9-11-26-12-10-24/h1-8H,9-14H2,(H,21,22). The van der Waals surface area contributed by atoms with Crippen molar-refractivity contribution in [2.45, 2.75) is 13.1 Å². The highest BCUT2D eigenvalue weighted by Gasteiger charge is 2.17. The summed E-state index contributed by atoms with van der Waals surface area (Å²) in [5, 5.41) is 0.